The Hall–Kier alpha value is 0.150. The smallest absolute Gasteiger partial charge is 0.0648 e. The highest BCUT2D eigenvalue weighted by Crippen LogP contribution is 2.24. The van der Waals surface area contributed by atoms with Gasteiger partial charge in [-0.15, -0.1) is 0 Å². The number of ether oxygens (including phenoxy) is 2. The first-order valence-electron chi connectivity index (χ1n) is 7.75. The molecule has 0 amide bonds. The number of hydrogen-bond acceptors (Lipinski definition) is 6. The lowest BCUT2D eigenvalue weighted by molar-refractivity contribution is -0.123. The molecule has 22 heavy (non-hydrogen) atoms. The fourth-order valence-electron chi connectivity index (χ4n) is 1.70. The van der Waals surface area contributed by atoms with Crippen molar-refractivity contribution in [3.05, 3.63) is 0 Å². The van der Waals surface area contributed by atoms with Gasteiger partial charge in [0, 0.05) is 0 Å². The van der Waals surface area contributed by atoms with E-state index >= 15 is 0 Å². The molecule has 0 aliphatic carbocycles. The summed E-state index contributed by atoms with van der Waals surface area (Å²) in [5.74, 6) is 1.07. The molecule has 0 bridgehead atoms. The van der Waals surface area contributed by atoms with Crippen LogP contribution >= 0.6 is 11.8 Å². The second-order valence-corrected chi connectivity index (χ2v) is 8.11. The average Bonchev–Trinajstić information content (AvgIpc) is 2.47. The molecular weight excluding hydrogens is 304 g/mol. The van der Waals surface area contributed by atoms with Crippen molar-refractivity contribution in [2.45, 2.75) is 51.7 Å². The summed E-state index contributed by atoms with van der Waals surface area (Å²) in [7, 11) is 0. The van der Waals surface area contributed by atoms with Crippen LogP contribution < -0.4 is 0 Å². The zero-order valence-electron chi connectivity index (χ0n) is 14.7. The van der Waals surface area contributed by atoms with E-state index in [1.165, 1.54) is 0 Å². The van der Waals surface area contributed by atoms with Crippen LogP contribution in [-0.2, 0) is 9.47 Å². The van der Waals surface area contributed by atoms with Gasteiger partial charge < -0.3 is 24.8 Å². The van der Waals surface area contributed by atoms with Gasteiger partial charge in [-0.3, -0.25) is 0 Å². The predicted molar refractivity (Wildman–Crippen MR) is 91.4 cm³/mol. The Kier molecular flexibility index (Phi) is 10.2. The Morgan fingerprint density at radius 3 is 1.77 bits per heavy atom. The highest BCUT2D eigenvalue weighted by Gasteiger charge is 2.32. The lowest BCUT2D eigenvalue weighted by Gasteiger charge is -2.34. The zero-order chi connectivity index (χ0) is 17.3. The molecule has 0 spiro atoms. The van der Waals surface area contributed by atoms with Gasteiger partial charge in [0.1, 0.15) is 0 Å². The second-order valence-electron chi connectivity index (χ2n) is 7.12. The molecule has 0 aromatic heterocycles. The van der Waals surface area contributed by atoms with E-state index in [1.807, 2.05) is 25.6 Å². The van der Waals surface area contributed by atoms with Crippen molar-refractivity contribution in [3.63, 3.8) is 0 Å². The van der Waals surface area contributed by atoms with E-state index in [1.54, 1.807) is 0 Å². The van der Waals surface area contributed by atoms with Crippen LogP contribution in [0.4, 0.5) is 0 Å². The van der Waals surface area contributed by atoms with E-state index in [4.69, 9.17) is 9.47 Å². The van der Waals surface area contributed by atoms with E-state index in [0.29, 0.717) is 13.0 Å². The van der Waals surface area contributed by atoms with Crippen molar-refractivity contribution in [2.75, 3.05) is 45.0 Å². The molecule has 0 radical (unpaired) electrons. The van der Waals surface area contributed by atoms with Crippen LogP contribution in [0.2, 0.25) is 0 Å². The molecule has 0 heterocycles. The van der Waals surface area contributed by atoms with Crippen LogP contribution in [0.3, 0.4) is 0 Å². The van der Waals surface area contributed by atoms with Crippen LogP contribution in [0.5, 0.6) is 0 Å². The first-order valence-corrected chi connectivity index (χ1v) is 9.15. The Morgan fingerprint density at radius 2 is 1.32 bits per heavy atom. The van der Waals surface area contributed by atoms with Gasteiger partial charge in [0.15, 0.2) is 0 Å². The standard InChI is InChI=1S/C16H34O5S/c1-14(2,21-13-16(10-17,11-18)12-19)6-8-20-15(3,4)7-9-22-5/h17-19H,6-13H2,1-5H3. The quantitative estimate of drug-likeness (QED) is 0.474. The van der Waals surface area contributed by atoms with Crippen molar-refractivity contribution < 1.29 is 24.8 Å². The van der Waals surface area contributed by atoms with Gasteiger partial charge in [-0.2, -0.15) is 11.8 Å². The number of hydrogen-bond donors (Lipinski definition) is 3. The molecule has 0 saturated heterocycles. The maximum absolute atomic E-state index is 9.31. The minimum Gasteiger partial charge on any atom is -0.396 e. The van der Waals surface area contributed by atoms with E-state index in [9.17, 15) is 15.3 Å². The molecule has 3 N–H and O–H groups in total. The molecule has 5 nitrogen and oxygen atoms in total. The summed E-state index contributed by atoms with van der Waals surface area (Å²) in [4.78, 5) is 0. The minimum atomic E-state index is -0.990. The van der Waals surface area contributed by atoms with Crippen molar-refractivity contribution in [1.29, 1.82) is 0 Å². The van der Waals surface area contributed by atoms with E-state index in [0.717, 1.165) is 12.2 Å². The summed E-state index contributed by atoms with van der Waals surface area (Å²) < 4.78 is 11.7. The molecule has 0 aliphatic rings. The third-order valence-electron chi connectivity index (χ3n) is 3.88. The fraction of sp³-hybridized carbons (Fsp3) is 1.00. The molecule has 0 aliphatic heterocycles. The van der Waals surface area contributed by atoms with E-state index in [2.05, 4.69) is 20.1 Å². The zero-order valence-corrected chi connectivity index (χ0v) is 15.5. The molecule has 0 unspecified atom stereocenters. The molecule has 0 aromatic rings. The Labute approximate surface area is 139 Å². The minimum absolute atomic E-state index is 0.110. The molecule has 0 atom stereocenters. The molecule has 0 rings (SSSR count). The number of aliphatic hydroxyl groups is 3. The van der Waals surface area contributed by atoms with Crippen LogP contribution in [-0.4, -0.2) is 71.6 Å². The summed E-state index contributed by atoms with van der Waals surface area (Å²) in [5, 5.41) is 27.9. The van der Waals surface area contributed by atoms with Crippen LogP contribution in [0.15, 0.2) is 0 Å². The SMILES string of the molecule is CSCCC(C)(C)OCCC(C)(C)OCC(CO)(CO)CO. The highest BCUT2D eigenvalue weighted by molar-refractivity contribution is 7.98. The Bertz CT molecular complexity index is 282. The summed E-state index contributed by atoms with van der Waals surface area (Å²) in [6, 6.07) is 0. The van der Waals surface area contributed by atoms with Gasteiger partial charge in [-0.1, -0.05) is 0 Å². The van der Waals surface area contributed by atoms with Crippen molar-refractivity contribution in [1.82, 2.24) is 0 Å². The first kappa shape index (κ1) is 22.1. The van der Waals surface area contributed by atoms with Gasteiger partial charge in [0.2, 0.25) is 0 Å². The van der Waals surface area contributed by atoms with E-state index in [-0.39, 0.29) is 32.0 Å². The molecule has 134 valence electrons. The van der Waals surface area contributed by atoms with Gasteiger partial charge in [0.05, 0.1) is 49.7 Å². The second kappa shape index (κ2) is 10.1. The number of rotatable bonds is 13. The van der Waals surface area contributed by atoms with Crippen molar-refractivity contribution >= 4 is 11.8 Å². The van der Waals surface area contributed by atoms with Gasteiger partial charge in [0.25, 0.3) is 0 Å². The lowest BCUT2D eigenvalue weighted by atomic mass is 9.92. The van der Waals surface area contributed by atoms with Crippen LogP contribution in [0.25, 0.3) is 0 Å². The monoisotopic (exact) mass is 338 g/mol. The van der Waals surface area contributed by atoms with Gasteiger partial charge in [-0.25, -0.2) is 0 Å². The third-order valence-corrected chi connectivity index (χ3v) is 4.49. The van der Waals surface area contributed by atoms with Gasteiger partial charge >= 0.3 is 0 Å². The van der Waals surface area contributed by atoms with Gasteiger partial charge in [-0.05, 0) is 52.5 Å². The largest absolute Gasteiger partial charge is 0.396 e. The molecule has 0 aromatic carbocycles. The lowest BCUT2D eigenvalue weighted by Crippen LogP contribution is -2.42. The van der Waals surface area contributed by atoms with Crippen molar-refractivity contribution in [3.8, 4) is 0 Å². The fourth-order valence-corrected chi connectivity index (χ4v) is 2.40. The maximum Gasteiger partial charge on any atom is 0.0648 e. The maximum atomic E-state index is 9.31. The normalized spacial score (nSPS) is 13.6. The average molecular weight is 339 g/mol. The van der Waals surface area contributed by atoms with Crippen LogP contribution in [0.1, 0.15) is 40.5 Å². The molecule has 0 fully saturated rings. The summed E-state index contributed by atoms with van der Waals surface area (Å²) in [6.45, 7) is 7.83. The third kappa shape index (κ3) is 8.70. The summed E-state index contributed by atoms with van der Waals surface area (Å²) in [6.07, 6.45) is 3.79. The summed E-state index contributed by atoms with van der Waals surface area (Å²) >= 11 is 1.81. The molecule has 6 heteroatoms. The molecule has 0 saturated carbocycles. The topological polar surface area (TPSA) is 79.2 Å². The molecular formula is C16H34O5S. The van der Waals surface area contributed by atoms with Crippen LogP contribution in [0, 0.1) is 5.41 Å². The van der Waals surface area contributed by atoms with E-state index < -0.39 is 11.0 Å². The highest BCUT2D eigenvalue weighted by atomic mass is 32.2. The first-order chi connectivity index (χ1) is 10.2. The Morgan fingerprint density at radius 1 is 0.818 bits per heavy atom. The predicted octanol–water partition coefficient (Wildman–Crippen LogP) is 1.68. The summed E-state index contributed by atoms with van der Waals surface area (Å²) in [5.41, 5.74) is -1.58. The van der Waals surface area contributed by atoms with Crippen molar-refractivity contribution in [2.24, 2.45) is 5.41 Å². The number of aliphatic hydroxyl groups excluding tert-OH is 3. The number of thioether (sulfide) groups is 1. The Balaban J connectivity index is 4.24.